The van der Waals surface area contributed by atoms with Gasteiger partial charge in [0.05, 0.1) is 0 Å². The van der Waals surface area contributed by atoms with Crippen LogP contribution >= 0.6 is 0 Å². The van der Waals surface area contributed by atoms with Crippen molar-refractivity contribution >= 4 is 12.0 Å². The SMILES string of the molecule is C/C(=C\c1ccncc1)[C@H]1CC[C@H]2[C@@H]3CCC4N(C)C(=O)CC[C@]4(C)[C@H]3CC[C@]12C. The van der Waals surface area contributed by atoms with Gasteiger partial charge in [-0.25, -0.2) is 0 Å². The number of aromatic nitrogens is 1. The first-order chi connectivity index (χ1) is 14.3. The first-order valence-electron chi connectivity index (χ1n) is 12.2. The van der Waals surface area contributed by atoms with Gasteiger partial charge in [0.1, 0.15) is 0 Å². The van der Waals surface area contributed by atoms with E-state index in [-0.39, 0.29) is 0 Å². The molecule has 30 heavy (non-hydrogen) atoms. The summed E-state index contributed by atoms with van der Waals surface area (Å²) in [6.45, 7) is 7.51. The van der Waals surface area contributed by atoms with Gasteiger partial charge in [-0.1, -0.05) is 25.5 Å². The van der Waals surface area contributed by atoms with E-state index in [1.807, 2.05) is 12.4 Å². The molecule has 162 valence electrons. The molecule has 4 aliphatic rings. The number of fused-ring (bicyclic) bond motifs is 5. The van der Waals surface area contributed by atoms with Crippen molar-refractivity contribution in [1.29, 1.82) is 0 Å². The molecule has 0 radical (unpaired) electrons. The van der Waals surface area contributed by atoms with E-state index in [9.17, 15) is 4.79 Å². The topological polar surface area (TPSA) is 33.2 Å². The Morgan fingerprint density at radius 1 is 1.03 bits per heavy atom. The van der Waals surface area contributed by atoms with Crippen LogP contribution in [0.4, 0.5) is 0 Å². The molecule has 1 aromatic heterocycles. The first kappa shape index (κ1) is 20.3. The third-order valence-electron chi connectivity index (χ3n) is 10.2. The molecule has 1 aromatic rings. The third-order valence-corrected chi connectivity index (χ3v) is 10.2. The van der Waals surface area contributed by atoms with E-state index in [0.29, 0.717) is 28.7 Å². The molecule has 3 heteroatoms. The quantitative estimate of drug-likeness (QED) is 0.607. The molecule has 3 aliphatic carbocycles. The van der Waals surface area contributed by atoms with Crippen LogP contribution in [0, 0.1) is 34.5 Å². The minimum Gasteiger partial charge on any atom is -0.342 e. The zero-order valence-corrected chi connectivity index (χ0v) is 19.2. The number of carbonyl (C=O) groups excluding carboxylic acids is 1. The highest BCUT2D eigenvalue weighted by molar-refractivity contribution is 5.77. The number of amides is 1. The molecular weight excluding hydrogens is 368 g/mol. The van der Waals surface area contributed by atoms with Crippen LogP contribution in [0.5, 0.6) is 0 Å². The van der Waals surface area contributed by atoms with E-state index in [2.05, 4.69) is 55.9 Å². The average molecular weight is 407 g/mol. The predicted octanol–water partition coefficient (Wildman–Crippen LogP) is 5.96. The molecule has 1 saturated heterocycles. The number of hydrogen-bond donors (Lipinski definition) is 0. The monoisotopic (exact) mass is 406 g/mol. The normalized spacial score (nSPS) is 43.7. The number of allylic oxidation sites excluding steroid dienone is 1. The van der Waals surface area contributed by atoms with Crippen molar-refractivity contribution in [3.63, 3.8) is 0 Å². The van der Waals surface area contributed by atoms with Gasteiger partial charge in [-0.05, 0) is 104 Å². The van der Waals surface area contributed by atoms with E-state index in [1.54, 1.807) is 5.57 Å². The predicted molar refractivity (Wildman–Crippen MR) is 122 cm³/mol. The van der Waals surface area contributed by atoms with E-state index in [0.717, 1.165) is 30.6 Å². The molecule has 0 bridgehead atoms. The molecule has 1 unspecified atom stereocenters. The Hall–Kier alpha value is -1.64. The Balaban J connectivity index is 1.40. The third kappa shape index (κ3) is 2.91. The number of piperidine rings is 1. The zero-order valence-electron chi connectivity index (χ0n) is 19.2. The zero-order chi connectivity index (χ0) is 21.1. The molecule has 7 atom stereocenters. The van der Waals surface area contributed by atoms with Crippen molar-refractivity contribution in [2.45, 2.75) is 78.2 Å². The largest absolute Gasteiger partial charge is 0.342 e. The number of nitrogens with zero attached hydrogens (tertiary/aromatic N) is 2. The van der Waals surface area contributed by atoms with Gasteiger partial charge in [-0.15, -0.1) is 0 Å². The van der Waals surface area contributed by atoms with E-state index in [1.165, 1.54) is 44.1 Å². The highest BCUT2D eigenvalue weighted by atomic mass is 16.2. The van der Waals surface area contributed by atoms with Gasteiger partial charge >= 0.3 is 0 Å². The van der Waals surface area contributed by atoms with Gasteiger partial charge < -0.3 is 4.90 Å². The second-order valence-corrected chi connectivity index (χ2v) is 11.3. The van der Waals surface area contributed by atoms with Gasteiger partial charge in [0.15, 0.2) is 0 Å². The summed E-state index contributed by atoms with van der Waals surface area (Å²) in [5.41, 5.74) is 3.61. The highest BCUT2D eigenvalue weighted by Crippen LogP contribution is 2.67. The number of pyridine rings is 1. The Labute approximate surface area is 182 Å². The second kappa shape index (κ2) is 7.21. The minimum atomic E-state index is 0.326. The van der Waals surface area contributed by atoms with E-state index >= 15 is 0 Å². The average Bonchev–Trinajstić information content (AvgIpc) is 3.09. The van der Waals surface area contributed by atoms with Gasteiger partial charge in [0.25, 0.3) is 0 Å². The fourth-order valence-electron chi connectivity index (χ4n) is 8.72. The molecule has 3 saturated carbocycles. The van der Waals surface area contributed by atoms with Gasteiger partial charge in [0.2, 0.25) is 5.91 Å². The minimum absolute atomic E-state index is 0.326. The van der Waals surface area contributed by atoms with E-state index < -0.39 is 0 Å². The molecule has 0 spiro atoms. The summed E-state index contributed by atoms with van der Waals surface area (Å²) in [6.07, 6.45) is 16.0. The maximum absolute atomic E-state index is 12.4. The number of hydrogen-bond acceptors (Lipinski definition) is 2. The van der Waals surface area contributed by atoms with Crippen LogP contribution < -0.4 is 0 Å². The maximum Gasteiger partial charge on any atom is 0.222 e. The lowest BCUT2D eigenvalue weighted by Gasteiger charge is -2.62. The van der Waals surface area contributed by atoms with Crippen LogP contribution in [0.1, 0.15) is 77.7 Å². The Bertz CT molecular complexity index is 848. The van der Waals surface area contributed by atoms with Crippen molar-refractivity contribution in [2.75, 3.05) is 7.05 Å². The molecule has 5 rings (SSSR count). The molecule has 0 aromatic carbocycles. The standard InChI is InChI=1S/C27H38N2O/c1-18(17-19-11-15-28-16-12-19)21-6-7-22-20-5-8-24-27(3,14-10-25(30)29(24)4)23(20)9-13-26(21,22)2/h11-12,15-17,20-24H,5-10,13-14H2,1-4H3/b18-17+/t20-,21+,22-,23-,24?,26+,27+/m0/s1. The lowest BCUT2D eigenvalue weighted by molar-refractivity contribution is -0.157. The van der Waals surface area contributed by atoms with Crippen LogP contribution in [0.3, 0.4) is 0 Å². The van der Waals surface area contributed by atoms with Gasteiger partial charge in [-0.2, -0.15) is 0 Å². The Morgan fingerprint density at radius 2 is 1.77 bits per heavy atom. The molecule has 3 nitrogen and oxygen atoms in total. The van der Waals surface area contributed by atoms with Gasteiger partial charge in [-0.3, -0.25) is 9.78 Å². The van der Waals surface area contributed by atoms with Crippen LogP contribution in [-0.4, -0.2) is 28.9 Å². The summed E-state index contributed by atoms with van der Waals surface area (Å²) in [4.78, 5) is 18.7. The van der Waals surface area contributed by atoms with Gasteiger partial charge in [0, 0.05) is 31.9 Å². The Morgan fingerprint density at radius 3 is 2.53 bits per heavy atom. The maximum atomic E-state index is 12.4. The van der Waals surface area contributed by atoms with Crippen molar-refractivity contribution in [3.8, 4) is 0 Å². The summed E-state index contributed by atoms with van der Waals surface area (Å²) in [7, 11) is 2.07. The van der Waals surface area contributed by atoms with Crippen molar-refractivity contribution in [1.82, 2.24) is 9.88 Å². The molecule has 4 fully saturated rings. The number of rotatable bonds is 2. The first-order valence-corrected chi connectivity index (χ1v) is 12.2. The van der Waals surface area contributed by atoms with Crippen LogP contribution in [0.25, 0.3) is 6.08 Å². The molecule has 2 heterocycles. The molecule has 0 N–H and O–H groups in total. The molecule has 1 aliphatic heterocycles. The smallest absolute Gasteiger partial charge is 0.222 e. The van der Waals surface area contributed by atoms with Crippen LogP contribution in [0.2, 0.25) is 0 Å². The summed E-state index contributed by atoms with van der Waals surface area (Å²) in [6, 6.07) is 4.71. The molecule has 1 amide bonds. The van der Waals surface area contributed by atoms with Crippen molar-refractivity contribution in [3.05, 3.63) is 35.7 Å². The Kier molecular flexibility index (Phi) is 4.87. The fraction of sp³-hybridized carbons (Fsp3) is 0.704. The van der Waals surface area contributed by atoms with Crippen LogP contribution in [-0.2, 0) is 4.79 Å². The lowest BCUT2D eigenvalue weighted by Crippen LogP contribution is -2.61. The summed E-state index contributed by atoms with van der Waals surface area (Å²) < 4.78 is 0. The van der Waals surface area contributed by atoms with Crippen molar-refractivity contribution < 1.29 is 4.79 Å². The number of likely N-dealkylation sites (tertiary alicyclic amines) is 1. The van der Waals surface area contributed by atoms with Crippen LogP contribution in [0.15, 0.2) is 30.1 Å². The van der Waals surface area contributed by atoms with E-state index in [4.69, 9.17) is 0 Å². The summed E-state index contributed by atoms with van der Waals surface area (Å²) >= 11 is 0. The lowest BCUT2D eigenvalue weighted by atomic mass is 9.46. The van der Waals surface area contributed by atoms with Crippen molar-refractivity contribution in [2.24, 2.45) is 34.5 Å². The molecular formula is C27H38N2O. The summed E-state index contributed by atoms with van der Waals surface area (Å²) in [5.74, 6) is 3.58. The second-order valence-electron chi connectivity index (χ2n) is 11.3. The highest BCUT2D eigenvalue weighted by Gasteiger charge is 2.61. The number of carbonyl (C=O) groups is 1. The summed E-state index contributed by atoms with van der Waals surface area (Å²) in [5, 5.41) is 0. The fourth-order valence-corrected chi connectivity index (χ4v) is 8.72.